The molecule has 1 aromatic heterocycles. The molecule has 0 aliphatic heterocycles. The van der Waals surface area contributed by atoms with Gasteiger partial charge in [0, 0.05) is 34.6 Å². The largest absolute Gasteiger partial charge is 0.326 e. The number of hydrogen-bond donors (Lipinski definition) is 2. The Balaban J connectivity index is 1.50. The van der Waals surface area contributed by atoms with Crippen LogP contribution < -0.4 is 10.6 Å². The van der Waals surface area contributed by atoms with Crippen LogP contribution in [0, 0.1) is 5.92 Å². The summed E-state index contributed by atoms with van der Waals surface area (Å²) >= 11 is 1.47. The van der Waals surface area contributed by atoms with Gasteiger partial charge in [-0.15, -0.1) is 11.8 Å². The molecule has 3 aromatic rings. The maximum absolute atomic E-state index is 13.2. The highest BCUT2D eigenvalue weighted by Crippen LogP contribution is 2.37. The predicted molar refractivity (Wildman–Crippen MR) is 130 cm³/mol. The first-order valence-electron chi connectivity index (χ1n) is 11.0. The fourth-order valence-electron chi connectivity index (χ4n) is 3.94. The number of nitrogens with one attached hydrogen (secondary N) is 2. The van der Waals surface area contributed by atoms with Gasteiger partial charge in [0.25, 0.3) is 0 Å². The van der Waals surface area contributed by atoms with Crippen molar-refractivity contribution in [2.45, 2.75) is 42.2 Å². The van der Waals surface area contributed by atoms with Crippen LogP contribution in [0.2, 0.25) is 0 Å². The topological polar surface area (TPSA) is 71.1 Å². The van der Waals surface area contributed by atoms with Gasteiger partial charge < -0.3 is 10.6 Å². The van der Waals surface area contributed by atoms with E-state index in [1.807, 2.05) is 54.6 Å². The van der Waals surface area contributed by atoms with Crippen LogP contribution in [0.3, 0.4) is 0 Å². The molecular weight excluding hydrogens is 418 g/mol. The average Bonchev–Trinajstić information content (AvgIpc) is 2.84. The third-order valence-corrected chi connectivity index (χ3v) is 6.87. The van der Waals surface area contributed by atoms with E-state index in [9.17, 15) is 9.59 Å². The monoisotopic (exact) mass is 445 g/mol. The van der Waals surface area contributed by atoms with Crippen molar-refractivity contribution < 1.29 is 9.59 Å². The molecule has 2 N–H and O–H groups in total. The Kier molecular flexibility index (Phi) is 7.56. The number of benzene rings is 2. The van der Waals surface area contributed by atoms with Crippen LogP contribution in [-0.4, -0.2) is 16.8 Å². The molecule has 2 aromatic carbocycles. The smallest absolute Gasteiger partial charge is 0.242 e. The SMILES string of the molecule is O=C(Nc1cccc(SC(C(=O)Nc2ccncc2)c2ccccc2)c1)C1CCCCC1. The van der Waals surface area contributed by atoms with Gasteiger partial charge in [-0.2, -0.15) is 0 Å². The molecule has 0 bridgehead atoms. The standard InChI is InChI=1S/C26H27N3O2S/c30-25(20-10-5-2-6-11-20)29-22-12-7-13-23(18-22)32-24(19-8-3-1-4-9-19)26(31)28-21-14-16-27-17-15-21/h1,3-4,7-9,12-18,20,24H,2,5-6,10-11H2,(H,29,30)(H,27,28,31). The minimum Gasteiger partial charge on any atom is -0.326 e. The van der Waals surface area contributed by atoms with E-state index < -0.39 is 5.25 Å². The van der Waals surface area contributed by atoms with Crippen molar-refractivity contribution in [1.29, 1.82) is 0 Å². The second-order valence-electron chi connectivity index (χ2n) is 7.99. The Morgan fingerprint density at radius 3 is 2.34 bits per heavy atom. The lowest BCUT2D eigenvalue weighted by Crippen LogP contribution is -2.24. The Morgan fingerprint density at radius 1 is 0.844 bits per heavy atom. The first-order chi connectivity index (χ1) is 15.7. The number of nitrogens with zero attached hydrogens (tertiary/aromatic N) is 1. The fraction of sp³-hybridized carbons (Fsp3) is 0.269. The van der Waals surface area contributed by atoms with Crippen LogP contribution in [-0.2, 0) is 9.59 Å². The maximum Gasteiger partial charge on any atom is 0.242 e. The summed E-state index contributed by atoms with van der Waals surface area (Å²) < 4.78 is 0. The minimum atomic E-state index is -0.436. The molecule has 4 rings (SSSR count). The molecule has 164 valence electrons. The van der Waals surface area contributed by atoms with E-state index in [-0.39, 0.29) is 17.7 Å². The van der Waals surface area contributed by atoms with Crippen LogP contribution in [0.5, 0.6) is 0 Å². The molecule has 0 saturated heterocycles. The Hall–Kier alpha value is -3.12. The third-order valence-electron chi connectivity index (χ3n) is 5.62. The third kappa shape index (κ3) is 5.98. The zero-order valence-corrected chi connectivity index (χ0v) is 18.7. The van der Waals surface area contributed by atoms with Crippen molar-refractivity contribution in [2.24, 2.45) is 5.92 Å². The molecule has 0 radical (unpaired) electrons. The number of amides is 2. The normalized spacial score (nSPS) is 15.0. The van der Waals surface area contributed by atoms with Crippen LogP contribution in [0.15, 0.2) is 84.0 Å². The first-order valence-corrected chi connectivity index (χ1v) is 11.9. The molecule has 1 aliphatic rings. The fourth-order valence-corrected chi connectivity index (χ4v) is 5.02. The van der Waals surface area contributed by atoms with Crippen molar-refractivity contribution >= 4 is 35.0 Å². The number of hydrogen-bond acceptors (Lipinski definition) is 4. The zero-order valence-electron chi connectivity index (χ0n) is 17.9. The molecule has 1 saturated carbocycles. The highest BCUT2D eigenvalue weighted by Gasteiger charge is 2.23. The number of aromatic nitrogens is 1. The number of anilines is 2. The highest BCUT2D eigenvalue weighted by atomic mass is 32.2. The summed E-state index contributed by atoms with van der Waals surface area (Å²) in [6.07, 6.45) is 8.70. The van der Waals surface area contributed by atoms with Gasteiger partial charge in [0.2, 0.25) is 11.8 Å². The maximum atomic E-state index is 13.2. The van der Waals surface area contributed by atoms with Crippen molar-refractivity contribution in [1.82, 2.24) is 4.98 Å². The van der Waals surface area contributed by atoms with Gasteiger partial charge in [-0.1, -0.05) is 55.7 Å². The van der Waals surface area contributed by atoms with E-state index in [4.69, 9.17) is 0 Å². The van der Waals surface area contributed by atoms with E-state index in [2.05, 4.69) is 15.6 Å². The van der Waals surface area contributed by atoms with E-state index in [0.29, 0.717) is 5.69 Å². The Morgan fingerprint density at radius 2 is 1.59 bits per heavy atom. The second-order valence-corrected chi connectivity index (χ2v) is 9.16. The van der Waals surface area contributed by atoms with E-state index in [1.165, 1.54) is 18.2 Å². The van der Waals surface area contributed by atoms with E-state index in [0.717, 1.165) is 41.8 Å². The van der Waals surface area contributed by atoms with E-state index >= 15 is 0 Å². The van der Waals surface area contributed by atoms with Gasteiger partial charge in [-0.25, -0.2) is 0 Å². The average molecular weight is 446 g/mol. The van der Waals surface area contributed by atoms with Gasteiger partial charge in [0.05, 0.1) is 0 Å². The zero-order chi connectivity index (χ0) is 22.2. The summed E-state index contributed by atoms with van der Waals surface area (Å²) in [6.45, 7) is 0. The molecule has 6 heteroatoms. The summed E-state index contributed by atoms with van der Waals surface area (Å²) in [5.74, 6) is 0.0919. The summed E-state index contributed by atoms with van der Waals surface area (Å²) in [6, 6.07) is 21.0. The second kappa shape index (κ2) is 11.0. The van der Waals surface area contributed by atoms with Gasteiger partial charge in [0.15, 0.2) is 0 Å². The summed E-state index contributed by atoms with van der Waals surface area (Å²) in [5.41, 5.74) is 2.40. The van der Waals surface area contributed by atoms with E-state index in [1.54, 1.807) is 24.5 Å². The number of pyridine rings is 1. The molecule has 1 fully saturated rings. The van der Waals surface area contributed by atoms with Crippen LogP contribution in [0.1, 0.15) is 42.9 Å². The summed E-state index contributed by atoms with van der Waals surface area (Å²) in [4.78, 5) is 30.7. The van der Waals surface area contributed by atoms with Gasteiger partial charge >= 0.3 is 0 Å². The highest BCUT2D eigenvalue weighted by molar-refractivity contribution is 8.00. The van der Waals surface area contributed by atoms with Crippen molar-refractivity contribution in [3.05, 3.63) is 84.7 Å². The van der Waals surface area contributed by atoms with Crippen molar-refractivity contribution in [3.8, 4) is 0 Å². The van der Waals surface area contributed by atoms with Crippen LogP contribution in [0.4, 0.5) is 11.4 Å². The summed E-state index contributed by atoms with van der Waals surface area (Å²) in [7, 11) is 0. The van der Waals surface area contributed by atoms with Crippen molar-refractivity contribution in [3.63, 3.8) is 0 Å². The van der Waals surface area contributed by atoms with Gasteiger partial charge in [-0.3, -0.25) is 14.6 Å². The molecule has 2 amide bonds. The lowest BCUT2D eigenvalue weighted by molar-refractivity contribution is -0.120. The lowest BCUT2D eigenvalue weighted by atomic mass is 9.88. The molecule has 1 aliphatic carbocycles. The molecular formula is C26H27N3O2S. The molecule has 1 atom stereocenters. The molecule has 1 unspecified atom stereocenters. The predicted octanol–water partition coefficient (Wildman–Crippen LogP) is 6.07. The number of rotatable bonds is 7. The van der Waals surface area contributed by atoms with Gasteiger partial charge in [-0.05, 0) is 48.7 Å². The molecule has 0 spiro atoms. The number of carbonyl (C=O) groups is 2. The molecule has 5 nitrogen and oxygen atoms in total. The molecule has 1 heterocycles. The van der Waals surface area contributed by atoms with Crippen LogP contribution in [0.25, 0.3) is 0 Å². The Bertz CT molecular complexity index is 1040. The molecule has 32 heavy (non-hydrogen) atoms. The van der Waals surface area contributed by atoms with Crippen LogP contribution >= 0.6 is 11.8 Å². The first kappa shape index (κ1) is 22.1. The van der Waals surface area contributed by atoms with Gasteiger partial charge in [0.1, 0.15) is 5.25 Å². The number of carbonyl (C=O) groups excluding carboxylic acids is 2. The lowest BCUT2D eigenvalue weighted by Gasteiger charge is -2.21. The minimum absolute atomic E-state index is 0.0990. The Labute approximate surface area is 193 Å². The van der Waals surface area contributed by atoms with Crippen molar-refractivity contribution in [2.75, 3.05) is 10.6 Å². The quantitative estimate of drug-likeness (QED) is 0.433. The number of thioether (sulfide) groups is 1. The summed E-state index contributed by atoms with van der Waals surface area (Å²) in [5, 5.41) is 5.62.